The Morgan fingerprint density at radius 2 is 2.00 bits per heavy atom. The van der Waals surface area contributed by atoms with Crippen molar-refractivity contribution < 1.29 is 23.8 Å². The number of imidazole rings is 1. The van der Waals surface area contributed by atoms with Gasteiger partial charge in [-0.1, -0.05) is 30.3 Å². The number of benzene rings is 1. The molecule has 1 fully saturated rings. The summed E-state index contributed by atoms with van der Waals surface area (Å²) in [6, 6.07) is 9.31. The lowest BCUT2D eigenvalue weighted by molar-refractivity contribution is -0.159. The second-order valence-corrected chi connectivity index (χ2v) is 12.0. The molecule has 3 atom stereocenters. The van der Waals surface area contributed by atoms with Crippen molar-refractivity contribution in [1.29, 1.82) is 0 Å². The maximum atomic E-state index is 13.1. The predicted octanol–water partition coefficient (Wildman–Crippen LogP) is 2.57. The van der Waals surface area contributed by atoms with Gasteiger partial charge in [-0.2, -0.15) is 0 Å². The van der Waals surface area contributed by atoms with Gasteiger partial charge in [-0.05, 0) is 32.8 Å². The molecule has 40 heavy (non-hydrogen) atoms. The van der Waals surface area contributed by atoms with Crippen molar-refractivity contribution in [2.24, 2.45) is 0 Å². The standard InChI is InChI=1S/C27H38N7O5P/c1-19(14-34-17-31-23-24(28)29-16-30-25(23)34)38-18-40(32-21(15-35)13-20-7-5-4-6-8-20)33-27(2,3)26(36)39-22-9-11-37-12-10-22/h4-8,15-17,19,21-22,32-33H,9-14,18H2,1-3H3,(H2,28,29,30). The van der Waals surface area contributed by atoms with Crippen molar-refractivity contribution in [3.8, 4) is 0 Å². The number of carbonyl (C=O) groups excluding carboxylic acids is 2. The van der Waals surface area contributed by atoms with Gasteiger partial charge in [0, 0.05) is 12.8 Å². The Labute approximate surface area is 235 Å². The third-order valence-corrected chi connectivity index (χ3v) is 8.40. The topological polar surface area (TPSA) is 156 Å². The van der Waals surface area contributed by atoms with Crippen LogP contribution in [0, 0.1) is 0 Å². The van der Waals surface area contributed by atoms with Crippen molar-refractivity contribution in [3.63, 3.8) is 0 Å². The monoisotopic (exact) mass is 571 g/mol. The normalized spacial score (nSPS) is 16.9. The summed E-state index contributed by atoms with van der Waals surface area (Å²) in [7, 11) is -1.33. The number of nitrogens with one attached hydrogen (secondary N) is 2. The molecule has 1 aromatic carbocycles. The Kier molecular flexibility index (Phi) is 10.5. The number of aldehydes is 1. The molecule has 4 N–H and O–H groups in total. The van der Waals surface area contributed by atoms with Gasteiger partial charge < -0.3 is 29.3 Å². The van der Waals surface area contributed by atoms with Crippen LogP contribution in [0.4, 0.5) is 5.82 Å². The van der Waals surface area contributed by atoms with Crippen molar-refractivity contribution in [2.75, 3.05) is 25.3 Å². The van der Waals surface area contributed by atoms with Gasteiger partial charge in [-0.25, -0.2) is 15.0 Å². The minimum absolute atomic E-state index is 0.165. The first-order valence-corrected chi connectivity index (χ1v) is 14.9. The van der Waals surface area contributed by atoms with Crippen LogP contribution in [0.25, 0.3) is 11.2 Å². The highest BCUT2D eigenvalue weighted by molar-refractivity contribution is 7.53. The summed E-state index contributed by atoms with van der Waals surface area (Å²) in [5.74, 6) is -0.0305. The van der Waals surface area contributed by atoms with E-state index in [9.17, 15) is 9.59 Å². The molecule has 13 heteroatoms. The predicted molar refractivity (Wildman–Crippen MR) is 152 cm³/mol. The maximum Gasteiger partial charge on any atom is 0.326 e. The van der Waals surface area contributed by atoms with Gasteiger partial charge in [-0.15, -0.1) is 0 Å². The summed E-state index contributed by atoms with van der Waals surface area (Å²) in [6.07, 6.45) is 5.67. The lowest BCUT2D eigenvalue weighted by atomic mass is 10.1. The van der Waals surface area contributed by atoms with Crippen LogP contribution in [0.5, 0.6) is 0 Å². The number of nitrogens with two attached hydrogens (primary N) is 1. The number of rotatable bonds is 14. The first-order chi connectivity index (χ1) is 19.2. The van der Waals surface area contributed by atoms with Crippen LogP contribution >= 0.6 is 8.22 Å². The molecule has 12 nitrogen and oxygen atoms in total. The molecule has 1 saturated heterocycles. The van der Waals surface area contributed by atoms with Crippen LogP contribution < -0.4 is 15.9 Å². The molecule has 4 rings (SSSR count). The summed E-state index contributed by atoms with van der Waals surface area (Å²) in [5, 5.41) is 6.79. The lowest BCUT2D eigenvalue weighted by Gasteiger charge is -2.34. The first kappa shape index (κ1) is 30.0. The second-order valence-electron chi connectivity index (χ2n) is 10.4. The van der Waals surface area contributed by atoms with Crippen LogP contribution in [0.15, 0.2) is 43.0 Å². The second kappa shape index (κ2) is 14.0. The van der Waals surface area contributed by atoms with Crippen LogP contribution in [-0.2, 0) is 36.8 Å². The average Bonchev–Trinajstić information content (AvgIpc) is 3.36. The van der Waals surface area contributed by atoms with Gasteiger partial charge in [0.2, 0.25) is 0 Å². The first-order valence-electron chi connectivity index (χ1n) is 13.4. The minimum Gasteiger partial charge on any atom is -0.461 e. The third kappa shape index (κ3) is 8.25. The van der Waals surface area contributed by atoms with Crippen molar-refractivity contribution in [1.82, 2.24) is 29.7 Å². The number of anilines is 1. The molecular formula is C27H38N7O5P. The minimum atomic E-state index is -1.33. The Hall–Kier alpha value is -3.02. The molecule has 0 spiro atoms. The molecular weight excluding hydrogens is 533 g/mol. The molecule has 3 unspecified atom stereocenters. The number of nitrogens with zero attached hydrogens (tertiary/aromatic N) is 4. The molecule has 0 bridgehead atoms. The van der Waals surface area contributed by atoms with E-state index in [1.54, 1.807) is 20.2 Å². The fraction of sp³-hybridized carbons (Fsp3) is 0.519. The van der Waals surface area contributed by atoms with E-state index >= 15 is 0 Å². The summed E-state index contributed by atoms with van der Waals surface area (Å²) < 4.78 is 19.2. The number of hydrogen-bond donors (Lipinski definition) is 3. The van der Waals surface area contributed by atoms with Gasteiger partial charge in [0.1, 0.15) is 29.8 Å². The van der Waals surface area contributed by atoms with E-state index in [1.807, 2.05) is 41.8 Å². The van der Waals surface area contributed by atoms with E-state index in [0.29, 0.717) is 56.0 Å². The molecule has 3 heterocycles. The summed E-state index contributed by atoms with van der Waals surface area (Å²) in [5.41, 5.74) is 7.09. The molecule has 2 aromatic heterocycles. The summed E-state index contributed by atoms with van der Waals surface area (Å²) >= 11 is 0. The number of ether oxygens (including phenoxy) is 3. The highest BCUT2D eigenvalue weighted by Crippen LogP contribution is 2.32. The number of nitrogen functional groups attached to an aromatic ring is 1. The fourth-order valence-electron chi connectivity index (χ4n) is 4.33. The van der Waals surface area contributed by atoms with Gasteiger partial charge in [-0.3, -0.25) is 15.0 Å². The lowest BCUT2D eigenvalue weighted by Crippen LogP contribution is -2.49. The molecule has 3 aromatic rings. The fourth-order valence-corrected chi connectivity index (χ4v) is 6.26. The largest absolute Gasteiger partial charge is 0.461 e. The number of fused-ring (bicyclic) bond motifs is 1. The van der Waals surface area contributed by atoms with Crippen LogP contribution in [0.3, 0.4) is 0 Å². The van der Waals surface area contributed by atoms with E-state index in [0.717, 1.165) is 11.8 Å². The maximum absolute atomic E-state index is 13.1. The molecule has 0 radical (unpaired) electrons. The van der Waals surface area contributed by atoms with Crippen molar-refractivity contribution in [3.05, 3.63) is 48.5 Å². The Balaban J connectivity index is 1.42. The van der Waals surface area contributed by atoms with E-state index < -0.39 is 19.8 Å². The highest BCUT2D eigenvalue weighted by atomic mass is 31.1. The Morgan fingerprint density at radius 1 is 1.25 bits per heavy atom. The van der Waals surface area contributed by atoms with E-state index in [-0.39, 0.29) is 24.5 Å². The van der Waals surface area contributed by atoms with E-state index in [4.69, 9.17) is 19.9 Å². The number of carbonyl (C=O) groups is 2. The van der Waals surface area contributed by atoms with Gasteiger partial charge >= 0.3 is 5.97 Å². The van der Waals surface area contributed by atoms with E-state index in [1.165, 1.54) is 6.33 Å². The number of hydrogen-bond acceptors (Lipinski definition) is 11. The van der Waals surface area contributed by atoms with Gasteiger partial charge in [0.15, 0.2) is 11.5 Å². The van der Waals surface area contributed by atoms with Gasteiger partial charge in [0.05, 0.1) is 52.8 Å². The van der Waals surface area contributed by atoms with Crippen LogP contribution in [0.2, 0.25) is 0 Å². The Bertz CT molecular complexity index is 1250. The third-order valence-electron chi connectivity index (χ3n) is 6.52. The zero-order valence-electron chi connectivity index (χ0n) is 23.2. The summed E-state index contributed by atoms with van der Waals surface area (Å²) in [4.78, 5) is 37.8. The molecule has 216 valence electrons. The van der Waals surface area contributed by atoms with Gasteiger partial charge in [0.25, 0.3) is 0 Å². The Morgan fingerprint density at radius 3 is 2.73 bits per heavy atom. The molecule has 0 aliphatic carbocycles. The smallest absolute Gasteiger partial charge is 0.326 e. The van der Waals surface area contributed by atoms with Crippen LogP contribution in [0.1, 0.15) is 39.2 Å². The average molecular weight is 572 g/mol. The summed E-state index contributed by atoms with van der Waals surface area (Å²) in [6.45, 7) is 7.14. The van der Waals surface area contributed by atoms with E-state index in [2.05, 4.69) is 25.1 Å². The highest BCUT2D eigenvalue weighted by Gasteiger charge is 2.35. The molecule has 0 saturated carbocycles. The number of aromatic nitrogens is 4. The van der Waals surface area contributed by atoms with Crippen LogP contribution in [-0.4, -0.2) is 75.1 Å². The molecule has 0 amide bonds. The molecule has 1 aliphatic rings. The quantitative estimate of drug-likeness (QED) is 0.148. The van der Waals surface area contributed by atoms with Crippen molar-refractivity contribution in [2.45, 2.75) is 70.4 Å². The number of esters is 1. The van der Waals surface area contributed by atoms with Crippen molar-refractivity contribution >= 4 is 37.5 Å². The zero-order valence-corrected chi connectivity index (χ0v) is 24.0. The molecule has 1 aliphatic heterocycles. The SMILES string of the molecule is CC(Cn1cnc2c(N)ncnc21)OCP(NC(C=O)Cc1ccccc1)NC(C)(C)C(=O)OC1CCOCC1. The zero-order chi connectivity index (χ0) is 28.5.